The van der Waals surface area contributed by atoms with Gasteiger partial charge in [0.15, 0.2) is 0 Å². The first kappa shape index (κ1) is 17.0. The molecular weight excluding hydrogens is 342 g/mol. The number of halogens is 6. The van der Waals surface area contributed by atoms with E-state index in [1.807, 2.05) is 0 Å². The smallest absolute Gasteiger partial charge is 0.324 e. The summed E-state index contributed by atoms with van der Waals surface area (Å²) in [6, 6.07) is 4.25. The Morgan fingerprint density at radius 2 is 1.94 bits per heavy atom. The third kappa shape index (κ3) is 5.95. The lowest BCUT2D eigenvalue weighted by molar-refractivity contribution is -0.136. The second-order valence-corrected chi connectivity index (χ2v) is 4.70. The van der Waals surface area contributed by atoms with Gasteiger partial charge in [-0.3, -0.25) is 0 Å². The highest BCUT2D eigenvalue weighted by Crippen LogP contribution is 2.29. The van der Waals surface area contributed by atoms with Gasteiger partial charge < -0.3 is 5.73 Å². The van der Waals surface area contributed by atoms with Crippen LogP contribution in [0.3, 0.4) is 0 Å². The van der Waals surface area contributed by atoms with Crippen molar-refractivity contribution in [1.29, 1.82) is 0 Å². The van der Waals surface area contributed by atoms with E-state index in [9.17, 15) is 13.2 Å². The van der Waals surface area contributed by atoms with E-state index < -0.39 is 18.6 Å². The zero-order valence-electron chi connectivity index (χ0n) is 8.60. The molecule has 1 rings (SSSR count). The van der Waals surface area contributed by atoms with Gasteiger partial charge in [-0.25, -0.2) is 0 Å². The lowest BCUT2D eigenvalue weighted by Crippen LogP contribution is -2.15. The van der Waals surface area contributed by atoms with Crippen LogP contribution in [0.5, 0.6) is 0 Å². The van der Waals surface area contributed by atoms with E-state index in [1.54, 1.807) is 18.2 Å². The van der Waals surface area contributed by atoms with Crippen LogP contribution in [0.1, 0.15) is 24.4 Å². The maximum Gasteiger partial charge on any atom is 0.389 e. The van der Waals surface area contributed by atoms with Crippen molar-refractivity contribution in [2.24, 2.45) is 5.73 Å². The average Bonchev–Trinajstić information content (AvgIpc) is 2.17. The minimum absolute atomic E-state index is 0. The highest BCUT2D eigenvalue weighted by molar-refractivity contribution is 9.10. The van der Waals surface area contributed by atoms with Gasteiger partial charge in [0.1, 0.15) is 0 Å². The van der Waals surface area contributed by atoms with Crippen LogP contribution in [0.25, 0.3) is 0 Å². The van der Waals surface area contributed by atoms with Crippen molar-refractivity contribution in [2.75, 3.05) is 0 Å². The number of rotatable bonds is 3. The molecule has 0 spiro atoms. The fourth-order valence-electron chi connectivity index (χ4n) is 1.23. The fraction of sp³-hybridized carbons (Fsp3) is 0.400. The summed E-state index contributed by atoms with van der Waals surface area (Å²) in [4.78, 5) is 0. The van der Waals surface area contributed by atoms with E-state index in [-0.39, 0.29) is 18.8 Å². The summed E-state index contributed by atoms with van der Waals surface area (Å²) in [5, 5.41) is 0.506. The molecule has 0 saturated carbocycles. The predicted molar refractivity (Wildman–Crippen MR) is 68.6 cm³/mol. The van der Waals surface area contributed by atoms with E-state index in [2.05, 4.69) is 15.9 Å². The van der Waals surface area contributed by atoms with Crippen molar-refractivity contribution in [3.63, 3.8) is 0 Å². The van der Waals surface area contributed by atoms with Crippen LogP contribution in [-0.4, -0.2) is 6.18 Å². The van der Waals surface area contributed by atoms with Gasteiger partial charge in [-0.15, -0.1) is 12.4 Å². The minimum Gasteiger partial charge on any atom is -0.324 e. The summed E-state index contributed by atoms with van der Waals surface area (Å²) >= 11 is 8.96. The van der Waals surface area contributed by atoms with Crippen LogP contribution < -0.4 is 5.73 Å². The summed E-state index contributed by atoms with van der Waals surface area (Å²) < 4.78 is 36.6. The molecule has 1 atom stereocenters. The highest BCUT2D eigenvalue weighted by Gasteiger charge is 2.27. The quantitative estimate of drug-likeness (QED) is 0.825. The van der Waals surface area contributed by atoms with Gasteiger partial charge in [0.2, 0.25) is 0 Å². The van der Waals surface area contributed by atoms with Crippen LogP contribution in [0.2, 0.25) is 5.02 Å². The first-order valence-electron chi connectivity index (χ1n) is 4.57. The molecular formula is C10H11BrCl2F3N. The molecule has 0 saturated heterocycles. The largest absolute Gasteiger partial charge is 0.389 e. The molecule has 0 radical (unpaired) electrons. The molecule has 1 aromatic rings. The maximum absolute atomic E-state index is 12.0. The maximum atomic E-state index is 12.0. The van der Waals surface area contributed by atoms with Gasteiger partial charge in [0.25, 0.3) is 0 Å². The Morgan fingerprint density at radius 3 is 2.41 bits per heavy atom. The van der Waals surface area contributed by atoms with Crippen molar-refractivity contribution in [3.8, 4) is 0 Å². The number of alkyl halides is 3. The molecule has 0 fully saturated rings. The van der Waals surface area contributed by atoms with Gasteiger partial charge >= 0.3 is 6.18 Å². The van der Waals surface area contributed by atoms with Crippen LogP contribution in [0, 0.1) is 0 Å². The van der Waals surface area contributed by atoms with Crippen LogP contribution in [-0.2, 0) is 0 Å². The zero-order valence-corrected chi connectivity index (χ0v) is 11.8. The average molecular weight is 353 g/mol. The van der Waals surface area contributed by atoms with E-state index in [4.69, 9.17) is 17.3 Å². The van der Waals surface area contributed by atoms with Gasteiger partial charge in [-0.05, 0) is 40.0 Å². The second kappa shape index (κ2) is 6.83. The Morgan fingerprint density at radius 1 is 1.35 bits per heavy atom. The highest BCUT2D eigenvalue weighted by atomic mass is 79.9. The van der Waals surface area contributed by atoms with Crippen LogP contribution in [0.15, 0.2) is 22.7 Å². The lowest BCUT2D eigenvalue weighted by atomic mass is 10.0. The molecule has 0 aliphatic carbocycles. The minimum atomic E-state index is -4.17. The molecule has 17 heavy (non-hydrogen) atoms. The first-order chi connectivity index (χ1) is 7.29. The van der Waals surface area contributed by atoms with Gasteiger partial charge in [0, 0.05) is 16.9 Å². The van der Waals surface area contributed by atoms with E-state index in [0.29, 0.717) is 15.1 Å². The number of nitrogens with two attached hydrogens (primary N) is 1. The normalized spacial score (nSPS) is 13.1. The third-order valence-electron chi connectivity index (χ3n) is 2.11. The lowest BCUT2D eigenvalue weighted by Gasteiger charge is -2.14. The number of hydrogen-bond donors (Lipinski definition) is 1. The SMILES string of the molecule is Cl.N[C@@H](CCC(F)(F)F)c1ccc(Cl)c(Br)c1. The summed E-state index contributed by atoms with van der Waals surface area (Å²) in [5.74, 6) is 0. The van der Waals surface area contributed by atoms with Gasteiger partial charge in [-0.2, -0.15) is 13.2 Å². The van der Waals surface area contributed by atoms with Gasteiger partial charge in [-0.1, -0.05) is 17.7 Å². The van der Waals surface area contributed by atoms with Crippen molar-refractivity contribution in [1.82, 2.24) is 0 Å². The Balaban J connectivity index is 0.00000256. The predicted octanol–water partition coefficient (Wildman–Crippen LogP) is 4.87. The summed E-state index contributed by atoms with van der Waals surface area (Å²) in [5.41, 5.74) is 6.30. The molecule has 7 heteroatoms. The molecule has 1 nitrogen and oxygen atoms in total. The molecule has 0 heterocycles. The Labute approximate surface area is 117 Å². The summed E-state index contributed by atoms with van der Waals surface area (Å²) in [7, 11) is 0. The molecule has 0 aliphatic heterocycles. The molecule has 0 amide bonds. The molecule has 98 valence electrons. The first-order valence-corrected chi connectivity index (χ1v) is 5.74. The Hall–Kier alpha value is 0.0300. The fourth-order valence-corrected chi connectivity index (χ4v) is 1.74. The summed E-state index contributed by atoms with van der Waals surface area (Å²) in [6.07, 6.45) is -5.17. The summed E-state index contributed by atoms with van der Waals surface area (Å²) in [6.45, 7) is 0. The van der Waals surface area contributed by atoms with Crippen molar-refractivity contribution in [3.05, 3.63) is 33.3 Å². The van der Waals surface area contributed by atoms with Gasteiger partial charge in [0.05, 0.1) is 5.02 Å². The zero-order chi connectivity index (χ0) is 12.3. The second-order valence-electron chi connectivity index (χ2n) is 3.43. The third-order valence-corrected chi connectivity index (χ3v) is 3.32. The van der Waals surface area contributed by atoms with Crippen molar-refractivity contribution in [2.45, 2.75) is 25.1 Å². The van der Waals surface area contributed by atoms with Crippen molar-refractivity contribution >= 4 is 39.9 Å². The molecule has 0 aromatic heterocycles. The molecule has 0 bridgehead atoms. The van der Waals surface area contributed by atoms with E-state index in [0.717, 1.165) is 0 Å². The monoisotopic (exact) mass is 351 g/mol. The molecule has 2 N–H and O–H groups in total. The van der Waals surface area contributed by atoms with Crippen molar-refractivity contribution < 1.29 is 13.2 Å². The Bertz CT molecular complexity index is 371. The Kier molecular flexibility index (Phi) is 6.84. The van der Waals surface area contributed by atoms with Crippen LogP contribution >= 0.6 is 39.9 Å². The number of benzene rings is 1. The van der Waals surface area contributed by atoms with E-state index >= 15 is 0 Å². The molecule has 0 aliphatic rings. The molecule has 1 aromatic carbocycles. The molecule has 0 unspecified atom stereocenters. The topological polar surface area (TPSA) is 26.0 Å². The number of hydrogen-bond acceptors (Lipinski definition) is 1. The van der Waals surface area contributed by atoms with Crippen LogP contribution in [0.4, 0.5) is 13.2 Å². The standard InChI is InChI=1S/C10H10BrClF3N.ClH/c11-7-5-6(1-2-8(7)12)9(16)3-4-10(13,14)15;/h1-2,5,9H,3-4,16H2;1H/t9-;/m0./s1. The van der Waals surface area contributed by atoms with E-state index in [1.165, 1.54) is 0 Å².